The summed E-state index contributed by atoms with van der Waals surface area (Å²) in [6, 6.07) is 0.480. The third-order valence-electron chi connectivity index (χ3n) is 3.26. The number of thiazole rings is 1. The van der Waals surface area contributed by atoms with Crippen molar-refractivity contribution in [2.45, 2.75) is 39.3 Å². The van der Waals surface area contributed by atoms with Crippen LogP contribution in [0.5, 0.6) is 0 Å². The lowest BCUT2D eigenvalue weighted by atomic mass is 10.1. The molecule has 0 bridgehead atoms. The summed E-state index contributed by atoms with van der Waals surface area (Å²) in [5, 5.41) is 4.64. The minimum Gasteiger partial charge on any atom is -0.450 e. The molecular formula is C13H21N3O2S. The summed E-state index contributed by atoms with van der Waals surface area (Å²) in [6.45, 7) is 6.73. The highest BCUT2D eigenvalue weighted by atomic mass is 32.1. The smallest absolute Gasteiger partial charge is 0.409 e. The van der Waals surface area contributed by atoms with Crippen molar-refractivity contribution in [2.75, 3.05) is 19.7 Å². The molecule has 1 N–H and O–H groups in total. The molecule has 0 aromatic carbocycles. The normalized spacial score (nSPS) is 16.6. The van der Waals surface area contributed by atoms with Crippen LogP contribution in [0.3, 0.4) is 0 Å². The summed E-state index contributed by atoms with van der Waals surface area (Å²) in [5.41, 5.74) is 0. The van der Waals surface area contributed by atoms with Crippen LogP contribution in [0.2, 0.25) is 0 Å². The minimum atomic E-state index is -0.181. The van der Waals surface area contributed by atoms with Gasteiger partial charge in [0.05, 0.1) is 11.6 Å². The van der Waals surface area contributed by atoms with Crippen LogP contribution in [0.25, 0.3) is 0 Å². The van der Waals surface area contributed by atoms with Gasteiger partial charge in [-0.3, -0.25) is 0 Å². The second kappa shape index (κ2) is 6.86. The summed E-state index contributed by atoms with van der Waals surface area (Å²) in [4.78, 5) is 18.9. The molecule has 1 amide bonds. The van der Waals surface area contributed by atoms with E-state index in [0.29, 0.717) is 12.6 Å². The molecule has 1 aliphatic rings. The van der Waals surface area contributed by atoms with Gasteiger partial charge in [-0.15, -0.1) is 11.3 Å². The second-order valence-electron chi connectivity index (χ2n) is 4.69. The van der Waals surface area contributed by atoms with E-state index in [4.69, 9.17) is 4.74 Å². The zero-order chi connectivity index (χ0) is 13.7. The molecule has 6 heteroatoms. The molecule has 1 aromatic rings. The fourth-order valence-corrected chi connectivity index (χ4v) is 2.96. The number of hydrogen-bond donors (Lipinski definition) is 1. The van der Waals surface area contributed by atoms with Crippen molar-refractivity contribution in [1.82, 2.24) is 15.2 Å². The van der Waals surface area contributed by atoms with Crippen LogP contribution in [-0.4, -0.2) is 41.7 Å². The highest BCUT2D eigenvalue weighted by Crippen LogP contribution is 2.15. The van der Waals surface area contributed by atoms with E-state index in [-0.39, 0.29) is 6.09 Å². The van der Waals surface area contributed by atoms with Crippen molar-refractivity contribution in [3.05, 3.63) is 16.1 Å². The van der Waals surface area contributed by atoms with E-state index < -0.39 is 0 Å². The molecule has 1 aliphatic heterocycles. The average molecular weight is 283 g/mol. The number of carbonyl (C=O) groups is 1. The van der Waals surface area contributed by atoms with E-state index in [9.17, 15) is 4.79 Å². The Balaban J connectivity index is 1.70. The molecule has 0 unspecified atom stereocenters. The van der Waals surface area contributed by atoms with E-state index >= 15 is 0 Å². The molecule has 5 nitrogen and oxygen atoms in total. The highest BCUT2D eigenvalue weighted by Gasteiger charge is 2.23. The molecule has 0 atom stereocenters. The monoisotopic (exact) mass is 283 g/mol. The third kappa shape index (κ3) is 4.18. The van der Waals surface area contributed by atoms with Gasteiger partial charge in [-0.1, -0.05) is 0 Å². The van der Waals surface area contributed by atoms with E-state index in [2.05, 4.69) is 10.3 Å². The fraction of sp³-hybridized carbons (Fsp3) is 0.692. The molecular weight excluding hydrogens is 262 g/mol. The van der Waals surface area contributed by atoms with Crippen LogP contribution in [0.15, 0.2) is 6.20 Å². The average Bonchev–Trinajstić information content (AvgIpc) is 2.83. The number of nitrogens with zero attached hydrogens (tertiary/aromatic N) is 2. The lowest BCUT2D eigenvalue weighted by Crippen LogP contribution is -2.44. The number of nitrogens with one attached hydrogen (secondary N) is 1. The highest BCUT2D eigenvalue weighted by molar-refractivity contribution is 7.11. The van der Waals surface area contributed by atoms with Crippen molar-refractivity contribution >= 4 is 17.4 Å². The number of piperidine rings is 1. The first-order valence-corrected chi connectivity index (χ1v) is 7.57. The summed E-state index contributed by atoms with van der Waals surface area (Å²) in [5.74, 6) is 0. The zero-order valence-electron chi connectivity index (χ0n) is 11.5. The first kappa shape index (κ1) is 14.3. The second-order valence-corrected chi connectivity index (χ2v) is 6.01. The van der Waals surface area contributed by atoms with Crippen LogP contribution in [0.4, 0.5) is 4.79 Å². The molecule has 106 valence electrons. The summed E-state index contributed by atoms with van der Waals surface area (Å²) >= 11 is 1.73. The molecule has 1 saturated heterocycles. The first-order chi connectivity index (χ1) is 9.19. The van der Waals surface area contributed by atoms with Crippen LogP contribution >= 0.6 is 11.3 Å². The predicted molar refractivity (Wildman–Crippen MR) is 75.3 cm³/mol. The summed E-state index contributed by atoms with van der Waals surface area (Å²) in [6.07, 6.45) is 3.72. The minimum absolute atomic E-state index is 0.181. The molecule has 19 heavy (non-hydrogen) atoms. The van der Waals surface area contributed by atoms with Crippen molar-refractivity contribution < 1.29 is 9.53 Å². The van der Waals surface area contributed by atoms with Gasteiger partial charge in [0, 0.05) is 36.8 Å². The number of rotatable bonds is 4. The lowest BCUT2D eigenvalue weighted by Gasteiger charge is -2.31. The summed E-state index contributed by atoms with van der Waals surface area (Å²) < 4.78 is 5.01. The Hall–Kier alpha value is -1.14. The largest absolute Gasteiger partial charge is 0.450 e. The van der Waals surface area contributed by atoms with Crippen molar-refractivity contribution in [3.63, 3.8) is 0 Å². The Bertz CT molecular complexity index is 414. The van der Waals surface area contributed by atoms with Gasteiger partial charge in [-0.05, 0) is 26.7 Å². The number of aromatic nitrogens is 1. The van der Waals surface area contributed by atoms with Gasteiger partial charge in [-0.2, -0.15) is 0 Å². The number of amides is 1. The van der Waals surface area contributed by atoms with Gasteiger partial charge in [0.2, 0.25) is 0 Å². The van der Waals surface area contributed by atoms with Gasteiger partial charge in [0.25, 0.3) is 0 Å². The maximum Gasteiger partial charge on any atom is 0.409 e. The quantitative estimate of drug-likeness (QED) is 0.920. The fourth-order valence-electron chi connectivity index (χ4n) is 2.21. The SMILES string of the molecule is CCOC(=O)N1CCC(NCc2cnc(C)s2)CC1. The summed E-state index contributed by atoms with van der Waals surface area (Å²) in [7, 11) is 0. The number of hydrogen-bond acceptors (Lipinski definition) is 5. The molecule has 0 radical (unpaired) electrons. The van der Waals surface area contributed by atoms with Gasteiger partial charge in [-0.25, -0.2) is 9.78 Å². The molecule has 0 spiro atoms. The van der Waals surface area contributed by atoms with Gasteiger partial charge >= 0.3 is 6.09 Å². The Morgan fingerprint density at radius 1 is 1.58 bits per heavy atom. The lowest BCUT2D eigenvalue weighted by molar-refractivity contribution is 0.0950. The molecule has 2 rings (SSSR count). The Morgan fingerprint density at radius 3 is 2.89 bits per heavy atom. The Morgan fingerprint density at radius 2 is 2.32 bits per heavy atom. The van der Waals surface area contributed by atoms with E-state index in [1.165, 1.54) is 4.88 Å². The van der Waals surface area contributed by atoms with Crippen molar-refractivity contribution in [2.24, 2.45) is 0 Å². The number of likely N-dealkylation sites (tertiary alicyclic amines) is 1. The van der Waals surface area contributed by atoms with Crippen LogP contribution in [-0.2, 0) is 11.3 Å². The van der Waals surface area contributed by atoms with Crippen molar-refractivity contribution in [1.29, 1.82) is 0 Å². The first-order valence-electron chi connectivity index (χ1n) is 6.75. The van der Waals surface area contributed by atoms with Gasteiger partial charge in [0.15, 0.2) is 0 Å². The van der Waals surface area contributed by atoms with Crippen LogP contribution in [0, 0.1) is 6.92 Å². The number of carbonyl (C=O) groups excluding carboxylic acids is 1. The van der Waals surface area contributed by atoms with E-state index in [0.717, 1.165) is 37.5 Å². The Kier molecular flexibility index (Phi) is 5.15. The number of ether oxygens (including phenoxy) is 1. The Labute approximate surface area is 118 Å². The molecule has 1 aromatic heterocycles. The third-order valence-corrected chi connectivity index (χ3v) is 4.17. The molecule has 0 aliphatic carbocycles. The van der Waals surface area contributed by atoms with E-state index in [1.807, 2.05) is 20.0 Å². The number of aryl methyl sites for hydroxylation is 1. The molecule has 2 heterocycles. The topological polar surface area (TPSA) is 54.5 Å². The maximum atomic E-state index is 11.6. The standard InChI is InChI=1S/C13H21N3O2S/c1-3-18-13(17)16-6-4-11(5-7-16)15-9-12-8-14-10(2)19-12/h8,11,15H,3-7,9H2,1-2H3. The van der Waals surface area contributed by atoms with Crippen LogP contribution < -0.4 is 5.32 Å². The molecule has 0 saturated carbocycles. The van der Waals surface area contributed by atoms with Crippen molar-refractivity contribution in [3.8, 4) is 0 Å². The maximum absolute atomic E-state index is 11.6. The zero-order valence-corrected chi connectivity index (χ0v) is 12.3. The predicted octanol–water partition coefficient (Wildman–Crippen LogP) is 2.16. The van der Waals surface area contributed by atoms with Crippen LogP contribution in [0.1, 0.15) is 29.7 Å². The van der Waals surface area contributed by atoms with Gasteiger partial charge < -0.3 is 15.0 Å². The van der Waals surface area contributed by atoms with E-state index in [1.54, 1.807) is 16.2 Å². The van der Waals surface area contributed by atoms with Gasteiger partial charge in [0.1, 0.15) is 0 Å². The molecule has 1 fully saturated rings.